The van der Waals surface area contributed by atoms with E-state index in [1.165, 1.54) is 9.80 Å². The van der Waals surface area contributed by atoms with Crippen molar-refractivity contribution < 1.29 is 33.9 Å². The van der Waals surface area contributed by atoms with Gasteiger partial charge < -0.3 is 36.2 Å². The minimum Gasteiger partial charge on any atom is -0.392 e. The third kappa shape index (κ3) is 11.2. The Hall–Kier alpha value is -4.26. The number of nitrogens with two attached hydrogens (primary N) is 1. The van der Waals surface area contributed by atoms with Crippen molar-refractivity contribution in [3.63, 3.8) is 0 Å². The van der Waals surface area contributed by atoms with Crippen LogP contribution in [0, 0.1) is 23.7 Å². The lowest BCUT2D eigenvalue weighted by molar-refractivity contribution is -0.148. The van der Waals surface area contributed by atoms with Crippen molar-refractivity contribution in [2.75, 3.05) is 19.6 Å². The number of aliphatic hydroxyl groups is 1. The second-order valence-electron chi connectivity index (χ2n) is 16.5. The number of hydrogen-bond donors (Lipinski definition) is 4. The molecule has 0 spiro atoms. The van der Waals surface area contributed by atoms with Gasteiger partial charge in [-0.25, -0.2) is 0 Å². The Morgan fingerprint density at radius 3 is 2.04 bits per heavy atom. The molecule has 0 bridgehead atoms. The Bertz CT molecular complexity index is 1530. The lowest BCUT2D eigenvalue weighted by Crippen LogP contribution is -2.60. The number of primary amides is 1. The van der Waals surface area contributed by atoms with Crippen molar-refractivity contribution >= 4 is 41.5 Å². The second kappa shape index (κ2) is 20.1. The summed E-state index contributed by atoms with van der Waals surface area (Å²) in [6, 6.07) is 5.94. The predicted octanol–water partition coefficient (Wildman–Crippen LogP) is 3.24. The van der Waals surface area contributed by atoms with Crippen LogP contribution in [0.2, 0.25) is 0 Å². The number of rotatable bonds is 17. The zero-order valence-corrected chi connectivity index (χ0v) is 33.6. The fourth-order valence-corrected chi connectivity index (χ4v) is 8.29. The molecule has 3 heterocycles. The molecule has 4 rings (SSSR count). The summed E-state index contributed by atoms with van der Waals surface area (Å²) in [5.74, 6) is -3.74. The number of benzene rings is 1. The zero-order valence-electron chi connectivity index (χ0n) is 33.6. The topological polar surface area (TPSA) is 182 Å². The van der Waals surface area contributed by atoms with Crippen LogP contribution < -0.4 is 16.4 Å². The monoisotopic (exact) mass is 764 g/mol. The highest BCUT2D eigenvalue weighted by molar-refractivity contribution is 5.96. The van der Waals surface area contributed by atoms with Crippen LogP contribution >= 0.6 is 0 Å². The fraction of sp³-hybridized carbons (Fsp3) is 0.667. The van der Waals surface area contributed by atoms with Crippen LogP contribution in [-0.4, -0.2) is 111 Å². The number of carbonyl (C=O) groups excluding carboxylic acids is 6. The summed E-state index contributed by atoms with van der Waals surface area (Å²) in [4.78, 5) is 86.0. The smallest absolute Gasteiger partial charge is 0.246 e. The van der Waals surface area contributed by atoms with Gasteiger partial charge in [0, 0.05) is 31.8 Å². The van der Waals surface area contributed by atoms with Gasteiger partial charge in [-0.2, -0.15) is 0 Å². The van der Waals surface area contributed by atoms with Gasteiger partial charge in [0.15, 0.2) is 0 Å². The van der Waals surface area contributed by atoms with E-state index in [1.54, 1.807) is 17.1 Å². The number of aliphatic hydroxyl groups excluding tert-OH is 1. The van der Waals surface area contributed by atoms with Crippen molar-refractivity contribution in [2.24, 2.45) is 29.4 Å². The molecule has 3 aliphatic rings. The van der Waals surface area contributed by atoms with Gasteiger partial charge in [-0.05, 0) is 80.8 Å². The van der Waals surface area contributed by atoms with E-state index in [0.717, 1.165) is 12.0 Å². The molecule has 1 aromatic rings. The van der Waals surface area contributed by atoms with Gasteiger partial charge >= 0.3 is 0 Å². The molecule has 0 unspecified atom stereocenters. The van der Waals surface area contributed by atoms with Crippen molar-refractivity contribution in [3.8, 4) is 0 Å². The molecule has 304 valence electrons. The van der Waals surface area contributed by atoms with Crippen molar-refractivity contribution in [3.05, 3.63) is 42.0 Å². The van der Waals surface area contributed by atoms with E-state index in [0.29, 0.717) is 64.6 Å². The summed E-state index contributed by atoms with van der Waals surface area (Å²) in [6.45, 7) is 12.7. The number of carbonyl (C=O) groups is 6. The van der Waals surface area contributed by atoms with Gasteiger partial charge in [-0.15, -0.1) is 0 Å². The first-order valence-electron chi connectivity index (χ1n) is 20.4. The lowest BCUT2D eigenvalue weighted by atomic mass is 9.86. The number of nitrogens with zero attached hydrogens (tertiary/aromatic N) is 3. The van der Waals surface area contributed by atoms with E-state index in [-0.39, 0.29) is 47.9 Å². The predicted molar refractivity (Wildman–Crippen MR) is 211 cm³/mol. The normalized spacial score (nSPS) is 22.9. The SMILES string of the molecule is CC[C@@H](C)[C@@H](NC(=O)[C@@H](CC(C)C)[C@H](O)C[C@H]1CCCN1C(=O)/C=C/c1ccccc1)C(=O)N[C@@H](C(=O)N1CCC[C@@H]1C(=O)N1CCC[C@@H]1C(N)=O)C(C)C. The molecule has 0 aliphatic carbocycles. The summed E-state index contributed by atoms with van der Waals surface area (Å²) in [6.07, 6.45) is 7.17. The van der Waals surface area contributed by atoms with Crippen LogP contribution in [-0.2, 0) is 28.8 Å². The van der Waals surface area contributed by atoms with E-state index in [1.807, 2.05) is 71.9 Å². The standard InChI is InChI=1S/C42H64N6O7/c1-7-28(6)37(40(53)44-36(27(4)5)42(55)48-23-13-18-33(48)41(54)47-22-12-17-32(47)38(43)51)45-39(52)31(24-26(2)3)34(49)25-30-16-11-21-46(30)35(50)20-19-29-14-9-8-10-15-29/h8-10,14-15,19-20,26-28,30-34,36-37,49H,7,11-13,16-18,21-25H2,1-6H3,(H2,43,51)(H,44,53)(H,45,52)/b20-19+/t28-,30-,31+,32-,33-,34-,36-,37-/m1/s1. The van der Waals surface area contributed by atoms with Gasteiger partial charge in [-0.3, -0.25) is 28.8 Å². The average Bonchev–Trinajstić information content (AvgIpc) is 3.95. The largest absolute Gasteiger partial charge is 0.392 e. The van der Waals surface area contributed by atoms with Crippen LogP contribution in [0.1, 0.15) is 105 Å². The Morgan fingerprint density at radius 2 is 1.42 bits per heavy atom. The fourth-order valence-electron chi connectivity index (χ4n) is 8.29. The van der Waals surface area contributed by atoms with Gasteiger partial charge in [0.2, 0.25) is 35.4 Å². The minimum atomic E-state index is -1.06. The first-order valence-corrected chi connectivity index (χ1v) is 20.4. The lowest BCUT2D eigenvalue weighted by Gasteiger charge is -2.35. The van der Waals surface area contributed by atoms with E-state index in [2.05, 4.69) is 10.6 Å². The summed E-state index contributed by atoms with van der Waals surface area (Å²) in [7, 11) is 0. The molecule has 13 heteroatoms. The van der Waals surface area contributed by atoms with E-state index < -0.39 is 53.9 Å². The number of amides is 6. The average molecular weight is 765 g/mol. The van der Waals surface area contributed by atoms with Crippen LogP contribution in [0.3, 0.4) is 0 Å². The Kier molecular flexibility index (Phi) is 15.9. The molecule has 55 heavy (non-hydrogen) atoms. The highest BCUT2D eigenvalue weighted by atomic mass is 16.3. The molecular formula is C42H64N6O7. The van der Waals surface area contributed by atoms with Gasteiger partial charge in [0.05, 0.1) is 12.0 Å². The molecule has 3 saturated heterocycles. The third-order valence-electron chi connectivity index (χ3n) is 11.6. The number of likely N-dealkylation sites (tertiary alicyclic amines) is 3. The molecule has 0 aromatic heterocycles. The molecule has 3 aliphatic heterocycles. The molecule has 1 aromatic carbocycles. The van der Waals surface area contributed by atoms with E-state index in [4.69, 9.17) is 5.73 Å². The number of nitrogens with one attached hydrogen (secondary N) is 2. The van der Waals surface area contributed by atoms with Gasteiger partial charge in [-0.1, -0.05) is 78.3 Å². The van der Waals surface area contributed by atoms with Crippen molar-refractivity contribution in [2.45, 2.75) is 136 Å². The van der Waals surface area contributed by atoms with Crippen LogP contribution in [0.5, 0.6) is 0 Å². The maximum Gasteiger partial charge on any atom is 0.246 e. The Balaban J connectivity index is 1.45. The van der Waals surface area contributed by atoms with Gasteiger partial charge in [0.1, 0.15) is 24.2 Å². The van der Waals surface area contributed by atoms with Gasteiger partial charge in [0.25, 0.3) is 0 Å². The van der Waals surface area contributed by atoms with E-state index in [9.17, 15) is 33.9 Å². The highest BCUT2D eigenvalue weighted by Gasteiger charge is 2.44. The van der Waals surface area contributed by atoms with Crippen LogP contribution in [0.15, 0.2) is 36.4 Å². The quantitative estimate of drug-likeness (QED) is 0.176. The zero-order chi connectivity index (χ0) is 40.4. The summed E-state index contributed by atoms with van der Waals surface area (Å²) in [5.41, 5.74) is 6.49. The van der Waals surface area contributed by atoms with Crippen LogP contribution in [0.25, 0.3) is 6.08 Å². The van der Waals surface area contributed by atoms with Crippen molar-refractivity contribution in [1.82, 2.24) is 25.3 Å². The molecule has 8 atom stereocenters. The first kappa shape index (κ1) is 43.5. The Labute approximate surface area is 326 Å². The Morgan fingerprint density at radius 1 is 0.818 bits per heavy atom. The van der Waals surface area contributed by atoms with E-state index >= 15 is 0 Å². The molecule has 0 radical (unpaired) electrons. The summed E-state index contributed by atoms with van der Waals surface area (Å²) in [5, 5.41) is 17.5. The maximum atomic E-state index is 14.1. The molecule has 6 amide bonds. The molecular weight excluding hydrogens is 700 g/mol. The second-order valence-corrected chi connectivity index (χ2v) is 16.5. The molecule has 0 saturated carbocycles. The van der Waals surface area contributed by atoms with Crippen LogP contribution in [0.4, 0.5) is 0 Å². The first-order chi connectivity index (χ1) is 26.1. The van der Waals surface area contributed by atoms with Crippen molar-refractivity contribution in [1.29, 1.82) is 0 Å². The maximum absolute atomic E-state index is 14.1. The molecule has 5 N–H and O–H groups in total. The minimum absolute atomic E-state index is 0.0641. The highest BCUT2D eigenvalue weighted by Crippen LogP contribution is 2.29. The summed E-state index contributed by atoms with van der Waals surface area (Å²) >= 11 is 0. The molecule has 13 nitrogen and oxygen atoms in total. The number of hydrogen-bond acceptors (Lipinski definition) is 7. The molecule has 3 fully saturated rings. The third-order valence-corrected chi connectivity index (χ3v) is 11.6. The summed E-state index contributed by atoms with van der Waals surface area (Å²) < 4.78 is 0.